The number of hydrogen-bond donors (Lipinski definition) is 1. The average molecular weight is 489 g/mol. The summed E-state index contributed by atoms with van der Waals surface area (Å²) in [5.74, 6) is 1.39. The molecule has 0 aliphatic heterocycles. The minimum absolute atomic E-state index is 0.277. The number of anilines is 1. The fourth-order valence-electron chi connectivity index (χ4n) is 2.84. The zero-order valence-corrected chi connectivity index (χ0v) is 19.2. The summed E-state index contributed by atoms with van der Waals surface area (Å²) in [5, 5.41) is 10.4. The quantitative estimate of drug-likeness (QED) is 0.345. The molecule has 0 radical (unpaired) electrons. The van der Waals surface area contributed by atoms with Gasteiger partial charge in [0, 0.05) is 15.5 Å². The molecular weight excluding hydrogens is 471 g/mol. The Balaban J connectivity index is 1.57. The molecule has 2 aromatic heterocycles. The predicted octanol–water partition coefficient (Wildman–Crippen LogP) is 5.65. The van der Waals surface area contributed by atoms with Crippen LogP contribution in [-0.2, 0) is 6.54 Å². The predicted molar refractivity (Wildman–Crippen MR) is 126 cm³/mol. The largest absolute Gasteiger partial charge is 0.497 e. The topological polar surface area (TPSA) is 78.3 Å². The standard InChI is InChI=1S/C22H18Cl2N4O3S/c1-30-16-7-4-14(5-8-16)21-26-22(25-12-17-3-2-10-32-17)28(27-21)20(29)13-31-19-9-6-15(23)11-18(19)24/h2-11H,12-13H2,1H3,(H,25,26,27). The molecule has 4 aromatic rings. The van der Waals surface area contributed by atoms with Gasteiger partial charge in [-0.1, -0.05) is 29.3 Å². The molecule has 1 N–H and O–H groups in total. The van der Waals surface area contributed by atoms with Crippen LogP contribution in [0.25, 0.3) is 11.4 Å². The number of hydrogen-bond acceptors (Lipinski definition) is 7. The molecule has 4 rings (SSSR count). The van der Waals surface area contributed by atoms with E-state index >= 15 is 0 Å². The average Bonchev–Trinajstić information content (AvgIpc) is 3.47. The first kappa shape index (κ1) is 22.1. The number of benzene rings is 2. The van der Waals surface area contributed by atoms with Crippen LogP contribution < -0.4 is 14.8 Å². The van der Waals surface area contributed by atoms with E-state index in [4.69, 9.17) is 32.7 Å². The first-order valence-electron chi connectivity index (χ1n) is 9.52. The van der Waals surface area contributed by atoms with Gasteiger partial charge in [0.1, 0.15) is 11.5 Å². The van der Waals surface area contributed by atoms with E-state index in [1.807, 2.05) is 41.8 Å². The van der Waals surface area contributed by atoms with E-state index in [9.17, 15) is 4.79 Å². The molecule has 0 fully saturated rings. The van der Waals surface area contributed by atoms with Crippen LogP contribution in [0.2, 0.25) is 10.0 Å². The number of carbonyl (C=O) groups is 1. The lowest BCUT2D eigenvalue weighted by Crippen LogP contribution is -2.22. The number of halogens is 2. The Morgan fingerprint density at radius 2 is 1.97 bits per heavy atom. The second-order valence-corrected chi connectivity index (χ2v) is 8.47. The van der Waals surface area contributed by atoms with Gasteiger partial charge in [-0.05, 0) is 53.9 Å². The Kier molecular flexibility index (Phi) is 6.94. The Morgan fingerprint density at radius 3 is 2.66 bits per heavy atom. The number of nitrogens with one attached hydrogen (secondary N) is 1. The molecule has 0 saturated carbocycles. The van der Waals surface area contributed by atoms with Gasteiger partial charge in [0.25, 0.3) is 5.91 Å². The van der Waals surface area contributed by atoms with E-state index in [0.717, 1.165) is 10.4 Å². The highest BCUT2D eigenvalue weighted by Gasteiger charge is 2.18. The number of aromatic nitrogens is 3. The first-order chi connectivity index (χ1) is 15.5. The highest BCUT2D eigenvalue weighted by Crippen LogP contribution is 2.28. The van der Waals surface area contributed by atoms with Crippen LogP contribution >= 0.6 is 34.5 Å². The van der Waals surface area contributed by atoms with Gasteiger partial charge in [-0.2, -0.15) is 9.67 Å². The maximum absolute atomic E-state index is 12.9. The summed E-state index contributed by atoms with van der Waals surface area (Å²) in [6.07, 6.45) is 0. The molecule has 0 atom stereocenters. The second-order valence-electron chi connectivity index (χ2n) is 6.59. The third kappa shape index (κ3) is 5.21. The molecule has 0 unspecified atom stereocenters. The van der Waals surface area contributed by atoms with Crippen LogP contribution in [0, 0.1) is 0 Å². The second kappa shape index (κ2) is 10.0. The highest BCUT2D eigenvalue weighted by atomic mass is 35.5. The number of carbonyl (C=O) groups excluding carboxylic acids is 1. The summed E-state index contributed by atoms with van der Waals surface area (Å²) < 4.78 is 12.0. The fourth-order valence-corrected chi connectivity index (χ4v) is 3.94. The lowest BCUT2D eigenvalue weighted by molar-refractivity contribution is 0.0824. The van der Waals surface area contributed by atoms with Crippen LogP contribution in [0.3, 0.4) is 0 Å². The van der Waals surface area contributed by atoms with E-state index in [1.165, 1.54) is 4.68 Å². The van der Waals surface area contributed by atoms with Crippen molar-refractivity contribution in [1.29, 1.82) is 0 Å². The summed E-state index contributed by atoms with van der Waals surface area (Å²) in [6, 6.07) is 16.0. The monoisotopic (exact) mass is 488 g/mol. The molecular formula is C22H18Cl2N4O3S. The SMILES string of the molecule is COc1ccc(-c2nc(NCc3cccs3)n(C(=O)COc3ccc(Cl)cc3Cl)n2)cc1. The summed E-state index contributed by atoms with van der Waals surface area (Å²) in [7, 11) is 1.60. The van der Waals surface area contributed by atoms with Gasteiger partial charge in [0.15, 0.2) is 12.4 Å². The maximum Gasteiger partial charge on any atom is 0.287 e. The van der Waals surface area contributed by atoms with E-state index in [1.54, 1.807) is 36.6 Å². The van der Waals surface area contributed by atoms with E-state index in [-0.39, 0.29) is 6.61 Å². The van der Waals surface area contributed by atoms with Crippen molar-refractivity contribution >= 4 is 46.4 Å². The van der Waals surface area contributed by atoms with Crippen molar-refractivity contribution in [2.75, 3.05) is 19.0 Å². The molecule has 0 bridgehead atoms. The molecule has 0 spiro atoms. The van der Waals surface area contributed by atoms with E-state index in [2.05, 4.69) is 15.4 Å². The number of ether oxygens (including phenoxy) is 2. The van der Waals surface area contributed by atoms with Crippen molar-refractivity contribution in [2.45, 2.75) is 6.54 Å². The molecule has 10 heteroatoms. The van der Waals surface area contributed by atoms with Crippen molar-refractivity contribution in [1.82, 2.24) is 14.8 Å². The van der Waals surface area contributed by atoms with Crippen LogP contribution in [0.4, 0.5) is 5.95 Å². The van der Waals surface area contributed by atoms with Crippen molar-refractivity contribution in [2.24, 2.45) is 0 Å². The Hall–Kier alpha value is -3.07. The molecule has 0 amide bonds. The Labute approximate surface area is 198 Å². The van der Waals surface area contributed by atoms with Gasteiger partial charge in [-0.3, -0.25) is 4.79 Å². The lowest BCUT2D eigenvalue weighted by atomic mass is 10.2. The van der Waals surface area contributed by atoms with E-state index < -0.39 is 5.91 Å². The summed E-state index contributed by atoms with van der Waals surface area (Å²) in [4.78, 5) is 18.6. The van der Waals surface area contributed by atoms with Gasteiger partial charge in [0.05, 0.1) is 18.7 Å². The minimum Gasteiger partial charge on any atom is -0.497 e. The van der Waals surface area contributed by atoms with E-state index in [0.29, 0.717) is 39.9 Å². The van der Waals surface area contributed by atoms with Crippen molar-refractivity contribution in [3.05, 3.63) is 74.9 Å². The first-order valence-corrected chi connectivity index (χ1v) is 11.2. The van der Waals surface area contributed by atoms with Crippen LogP contribution in [0.15, 0.2) is 60.0 Å². The molecule has 0 aliphatic rings. The maximum atomic E-state index is 12.9. The lowest BCUT2D eigenvalue weighted by Gasteiger charge is -2.09. The van der Waals surface area contributed by atoms with Gasteiger partial charge >= 0.3 is 0 Å². The Bertz CT molecular complexity index is 1210. The zero-order chi connectivity index (χ0) is 22.5. The van der Waals surface area contributed by atoms with Crippen molar-refractivity contribution in [3.63, 3.8) is 0 Å². The van der Waals surface area contributed by atoms with Crippen LogP contribution in [-0.4, -0.2) is 34.4 Å². The smallest absolute Gasteiger partial charge is 0.287 e. The number of rotatable bonds is 8. The molecule has 7 nitrogen and oxygen atoms in total. The van der Waals surface area contributed by atoms with Gasteiger partial charge in [-0.25, -0.2) is 0 Å². The summed E-state index contributed by atoms with van der Waals surface area (Å²) in [6.45, 7) is 0.232. The molecule has 2 aromatic carbocycles. The van der Waals surface area contributed by atoms with Gasteiger partial charge < -0.3 is 14.8 Å². The van der Waals surface area contributed by atoms with Gasteiger partial charge in [0.2, 0.25) is 5.95 Å². The fraction of sp³-hybridized carbons (Fsp3) is 0.136. The summed E-state index contributed by atoms with van der Waals surface area (Å²) >= 11 is 13.6. The number of methoxy groups -OCH3 is 1. The van der Waals surface area contributed by atoms with Gasteiger partial charge in [-0.15, -0.1) is 16.4 Å². The van der Waals surface area contributed by atoms with Crippen molar-refractivity contribution in [3.8, 4) is 22.9 Å². The highest BCUT2D eigenvalue weighted by molar-refractivity contribution is 7.09. The van der Waals surface area contributed by atoms with Crippen molar-refractivity contribution < 1.29 is 14.3 Å². The number of nitrogens with zero attached hydrogens (tertiary/aromatic N) is 3. The van der Waals surface area contributed by atoms with Crippen LogP contribution in [0.5, 0.6) is 11.5 Å². The third-order valence-corrected chi connectivity index (χ3v) is 5.84. The van der Waals surface area contributed by atoms with Crippen LogP contribution in [0.1, 0.15) is 9.67 Å². The molecule has 0 saturated heterocycles. The molecule has 2 heterocycles. The minimum atomic E-state index is -0.406. The molecule has 0 aliphatic carbocycles. The zero-order valence-electron chi connectivity index (χ0n) is 16.9. The molecule has 32 heavy (non-hydrogen) atoms. The Morgan fingerprint density at radius 1 is 1.16 bits per heavy atom. The third-order valence-electron chi connectivity index (χ3n) is 4.44. The number of thiophene rings is 1. The normalized spacial score (nSPS) is 10.7. The molecule has 164 valence electrons. The summed E-state index contributed by atoms with van der Waals surface area (Å²) in [5.41, 5.74) is 0.748.